The van der Waals surface area contributed by atoms with Crippen LogP contribution in [0.3, 0.4) is 0 Å². The summed E-state index contributed by atoms with van der Waals surface area (Å²) in [4.78, 5) is 12.7. The van der Waals surface area contributed by atoms with E-state index in [-0.39, 0.29) is 17.2 Å². The molecule has 1 N–H and O–H groups in total. The number of carbonyl (C=O) groups is 1. The number of rotatable bonds is 4. The number of aryl methyl sites for hydroxylation is 1. The van der Waals surface area contributed by atoms with Crippen molar-refractivity contribution >= 4 is 27.3 Å². The zero-order chi connectivity index (χ0) is 16.5. The fourth-order valence-corrected chi connectivity index (χ4v) is 5.33. The van der Waals surface area contributed by atoms with Gasteiger partial charge in [-0.15, -0.1) is 11.3 Å². The Morgan fingerprint density at radius 1 is 1.45 bits per heavy atom. The maximum absolute atomic E-state index is 12.5. The Morgan fingerprint density at radius 3 is 2.68 bits per heavy atom. The van der Waals surface area contributed by atoms with Crippen LogP contribution in [0.2, 0.25) is 0 Å². The standard InChI is InChI=1S/C12H15F3N2O3S2/c1-8-4-5-10(21-8)22(19,20)17-6-2-3-9(17)11(18)16-7-12(13,14)15/h4-5,9H,2-3,6-7H2,1H3,(H,16,18). The molecule has 0 spiro atoms. The van der Waals surface area contributed by atoms with E-state index in [1.54, 1.807) is 18.3 Å². The summed E-state index contributed by atoms with van der Waals surface area (Å²) in [5.74, 6) is -0.910. The molecule has 0 aromatic carbocycles. The third-order valence-corrected chi connectivity index (χ3v) is 6.62. The number of hydrogen-bond acceptors (Lipinski definition) is 4. The lowest BCUT2D eigenvalue weighted by atomic mass is 10.2. The van der Waals surface area contributed by atoms with E-state index in [4.69, 9.17) is 0 Å². The molecule has 22 heavy (non-hydrogen) atoms. The van der Waals surface area contributed by atoms with Crippen LogP contribution in [0.1, 0.15) is 17.7 Å². The first-order valence-electron chi connectivity index (χ1n) is 6.54. The first-order chi connectivity index (χ1) is 10.1. The van der Waals surface area contributed by atoms with Gasteiger partial charge in [-0.2, -0.15) is 17.5 Å². The van der Waals surface area contributed by atoms with E-state index in [1.807, 2.05) is 0 Å². The second-order valence-corrected chi connectivity index (χ2v) is 8.38. The molecular formula is C12H15F3N2O3S2. The minimum atomic E-state index is -4.52. The lowest BCUT2D eigenvalue weighted by molar-refractivity contribution is -0.140. The highest BCUT2D eigenvalue weighted by atomic mass is 32.2. The Balaban J connectivity index is 2.15. The van der Waals surface area contributed by atoms with E-state index in [0.717, 1.165) is 20.5 Å². The van der Waals surface area contributed by atoms with Crippen molar-refractivity contribution in [3.05, 3.63) is 17.0 Å². The first kappa shape index (κ1) is 17.2. The largest absolute Gasteiger partial charge is 0.405 e. The zero-order valence-electron chi connectivity index (χ0n) is 11.7. The Kier molecular flexibility index (Phi) is 4.83. The number of carbonyl (C=O) groups excluding carboxylic acids is 1. The minimum Gasteiger partial charge on any atom is -0.346 e. The summed E-state index contributed by atoms with van der Waals surface area (Å²) in [5, 5.41) is 1.76. The molecular weight excluding hydrogens is 341 g/mol. The van der Waals surface area contributed by atoms with Crippen LogP contribution in [0.4, 0.5) is 13.2 Å². The number of nitrogens with zero attached hydrogens (tertiary/aromatic N) is 1. The third-order valence-electron chi connectivity index (χ3n) is 3.25. The Labute approximate surface area is 130 Å². The van der Waals surface area contributed by atoms with Gasteiger partial charge in [0.2, 0.25) is 5.91 Å². The van der Waals surface area contributed by atoms with E-state index in [0.29, 0.717) is 6.42 Å². The van der Waals surface area contributed by atoms with Crippen LogP contribution in [-0.2, 0) is 14.8 Å². The topological polar surface area (TPSA) is 66.5 Å². The van der Waals surface area contributed by atoms with Crippen LogP contribution >= 0.6 is 11.3 Å². The molecule has 1 fully saturated rings. The van der Waals surface area contributed by atoms with Crippen molar-refractivity contribution in [2.75, 3.05) is 13.1 Å². The molecule has 1 amide bonds. The number of hydrogen-bond donors (Lipinski definition) is 1. The van der Waals surface area contributed by atoms with Crippen molar-refractivity contribution in [2.24, 2.45) is 0 Å². The second kappa shape index (κ2) is 6.17. The van der Waals surface area contributed by atoms with Crippen molar-refractivity contribution in [3.63, 3.8) is 0 Å². The predicted molar refractivity (Wildman–Crippen MR) is 75.0 cm³/mol. The van der Waals surface area contributed by atoms with E-state index < -0.39 is 34.7 Å². The molecule has 1 unspecified atom stereocenters. The fourth-order valence-electron chi connectivity index (χ4n) is 2.26. The van der Waals surface area contributed by atoms with Gasteiger partial charge in [-0.05, 0) is 31.9 Å². The lowest BCUT2D eigenvalue weighted by Crippen LogP contribution is -2.47. The number of nitrogens with one attached hydrogen (secondary N) is 1. The number of halogens is 3. The molecule has 5 nitrogen and oxygen atoms in total. The molecule has 1 aliphatic rings. The van der Waals surface area contributed by atoms with Crippen molar-refractivity contribution in [1.29, 1.82) is 0 Å². The van der Waals surface area contributed by atoms with Crippen LogP contribution in [0.25, 0.3) is 0 Å². The van der Waals surface area contributed by atoms with Crippen LogP contribution in [0.5, 0.6) is 0 Å². The highest BCUT2D eigenvalue weighted by Gasteiger charge is 2.41. The van der Waals surface area contributed by atoms with Gasteiger partial charge in [0.15, 0.2) is 0 Å². The van der Waals surface area contributed by atoms with Crippen molar-refractivity contribution < 1.29 is 26.4 Å². The van der Waals surface area contributed by atoms with Gasteiger partial charge in [0, 0.05) is 11.4 Å². The molecule has 1 saturated heterocycles. The smallest absolute Gasteiger partial charge is 0.346 e. The van der Waals surface area contributed by atoms with E-state index in [2.05, 4.69) is 0 Å². The van der Waals surface area contributed by atoms with Gasteiger partial charge in [0.25, 0.3) is 10.0 Å². The zero-order valence-corrected chi connectivity index (χ0v) is 13.3. The minimum absolute atomic E-state index is 0.0977. The van der Waals surface area contributed by atoms with Crippen molar-refractivity contribution in [2.45, 2.75) is 36.2 Å². The number of amides is 1. The molecule has 1 aromatic heterocycles. The van der Waals surface area contributed by atoms with Gasteiger partial charge in [-0.25, -0.2) is 8.42 Å². The number of alkyl halides is 3. The SMILES string of the molecule is Cc1ccc(S(=O)(=O)N2CCCC2C(=O)NCC(F)(F)F)s1. The molecule has 2 rings (SSSR count). The predicted octanol–water partition coefficient (Wildman–Crippen LogP) is 1.89. The Morgan fingerprint density at radius 2 is 2.14 bits per heavy atom. The Hall–Kier alpha value is -1.13. The molecule has 0 aliphatic carbocycles. The molecule has 0 radical (unpaired) electrons. The summed E-state index contributed by atoms with van der Waals surface area (Å²) in [6, 6.07) is 2.00. The van der Waals surface area contributed by atoms with E-state index >= 15 is 0 Å². The summed E-state index contributed by atoms with van der Waals surface area (Å²) in [6.45, 7) is 0.416. The van der Waals surface area contributed by atoms with Gasteiger partial charge in [-0.3, -0.25) is 4.79 Å². The first-order valence-corrected chi connectivity index (χ1v) is 8.80. The third kappa shape index (κ3) is 3.79. The summed E-state index contributed by atoms with van der Waals surface area (Å²) < 4.78 is 62.6. The second-order valence-electron chi connectivity index (χ2n) is 4.97. The maximum atomic E-state index is 12.5. The summed E-state index contributed by atoms with van der Waals surface area (Å²) >= 11 is 1.07. The highest BCUT2D eigenvalue weighted by Crippen LogP contribution is 2.30. The van der Waals surface area contributed by atoms with Crippen LogP contribution in [-0.4, -0.2) is 43.9 Å². The molecule has 0 bridgehead atoms. The fraction of sp³-hybridized carbons (Fsp3) is 0.583. The van der Waals surface area contributed by atoms with Crippen LogP contribution < -0.4 is 5.32 Å². The van der Waals surface area contributed by atoms with Crippen molar-refractivity contribution in [3.8, 4) is 0 Å². The molecule has 1 atom stereocenters. The van der Waals surface area contributed by atoms with Crippen LogP contribution in [0, 0.1) is 6.92 Å². The molecule has 1 aromatic rings. The quantitative estimate of drug-likeness (QED) is 0.896. The number of sulfonamides is 1. The van der Waals surface area contributed by atoms with Gasteiger partial charge < -0.3 is 5.32 Å². The Bertz CT molecular complexity index is 655. The summed E-state index contributed by atoms with van der Waals surface area (Å²) in [6.07, 6.45) is -3.87. The number of thiophene rings is 1. The maximum Gasteiger partial charge on any atom is 0.405 e. The highest BCUT2D eigenvalue weighted by molar-refractivity contribution is 7.91. The van der Waals surface area contributed by atoms with Gasteiger partial charge in [-0.1, -0.05) is 0 Å². The average molecular weight is 356 g/mol. The van der Waals surface area contributed by atoms with E-state index in [9.17, 15) is 26.4 Å². The average Bonchev–Trinajstić information content (AvgIpc) is 3.03. The molecule has 124 valence electrons. The lowest BCUT2D eigenvalue weighted by Gasteiger charge is -2.22. The van der Waals surface area contributed by atoms with Gasteiger partial charge in [0.05, 0.1) is 0 Å². The molecule has 0 saturated carbocycles. The van der Waals surface area contributed by atoms with Gasteiger partial charge in [0.1, 0.15) is 16.8 Å². The van der Waals surface area contributed by atoms with E-state index in [1.165, 1.54) is 6.07 Å². The monoisotopic (exact) mass is 356 g/mol. The van der Waals surface area contributed by atoms with Crippen molar-refractivity contribution in [1.82, 2.24) is 9.62 Å². The summed E-state index contributed by atoms with van der Waals surface area (Å²) in [7, 11) is -3.86. The van der Waals surface area contributed by atoms with Crippen LogP contribution in [0.15, 0.2) is 16.3 Å². The summed E-state index contributed by atoms with van der Waals surface area (Å²) in [5.41, 5.74) is 0. The molecule has 2 heterocycles. The molecule has 10 heteroatoms. The molecule has 1 aliphatic heterocycles. The normalized spacial score (nSPS) is 20.3. The van der Waals surface area contributed by atoms with Gasteiger partial charge >= 0.3 is 6.18 Å².